The predicted octanol–water partition coefficient (Wildman–Crippen LogP) is -1.19. The van der Waals surface area contributed by atoms with Crippen LogP contribution in [0.5, 0.6) is 0 Å². The molecule has 0 rings (SSSR count). The molecule has 7 heteroatoms. The van der Waals surface area contributed by atoms with Crippen LogP contribution in [0.4, 0.5) is 0 Å². The Morgan fingerprint density at radius 2 is 1.84 bits per heavy atom. The Labute approximate surface area is 112 Å². The van der Waals surface area contributed by atoms with Crippen molar-refractivity contribution in [1.82, 2.24) is 0 Å². The molecule has 0 bridgehead atoms. The zero-order chi connectivity index (χ0) is 14.8. The number of esters is 1. The lowest BCUT2D eigenvalue weighted by molar-refractivity contribution is -0.171. The smallest absolute Gasteiger partial charge is 0.303 e. The van der Waals surface area contributed by atoms with Gasteiger partial charge in [0.25, 0.3) is 0 Å². The number of hydrogen-bond donors (Lipinski definition) is 4. The van der Waals surface area contributed by atoms with Crippen LogP contribution in [-0.4, -0.2) is 70.6 Å². The van der Waals surface area contributed by atoms with E-state index in [2.05, 4.69) is 0 Å². The van der Waals surface area contributed by atoms with Gasteiger partial charge in [-0.05, 0) is 6.42 Å². The topological polar surface area (TPSA) is 116 Å². The second kappa shape index (κ2) is 10.1. The lowest BCUT2D eigenvalue weighted by atomic mass is 10.0. The number of aliphatic hydroxyl groups is 4. The van der Waals surface area contributed by atoms with Crippen molar-refractivity contribution < 1.29 is 34.7 Å². The molecule has 4 atom stereocenters. The Morgan fingerprint density at radius 1 is 1.21 bits per heavy atom. The van der Waals surface area contributed by atoms with Gasteiger partial charge < -0.3 is 29.9 Å². The van der Waals surface area contributed by atoms with Crippen LogP contribution in [-0.2, 0) is 14.3 Å². The third-order valence-electron chi connectivity index (χ3n) is 2.55. The molecule has 0 aromatic carbocycles. The third kappa shape index (κ3) is 7.44. The minimum Gasteiger partial charge on any atom is -0.457 e. The molecule has 0 aliphatic rings. The van der Waals surface area contributed by atoms with E-state index in [1.54, 1.807) is 0 Å². The Morgan fingerprint density at radius 3 is 2.32 bits per heavy atom. The Bertz CT molecular complexity index is 246. The Kier molecular flexibility index (Phi) is 9.72. The summed E-state index contributed by atoms with van der Waals surface area (Å²) in [4.78, 5) is 10.9. The maximum absolute atomic E-state index is 10.9. The van der Waals surface area contributed by atoms with E-state index in [4.69, 9.17) is 14.6 Å². The van der Waals surface area contributed by atoms with Crippen molar-refractivity contribution in [3.63, 3.8) is 0 Å². The molecule has 0 saturated heterocycles. The highest BCUT2D eigenvalue weighted by molar-refractivity contribution is 5.66. The lowest BCUT2D eigenvalue weighted by Crippen LogP contribution is -2.48. The van der Waals surface area contributed by atoms with Crippen LogP contribution in [0, 0.1) is 0 Å². The van der Waals surface area contributed by atoms with Gasteiger partial charge in [-0.3, -0.25) is 4.79 Å². The first-order chi connectivity index (χ1) is 8.93. The van der Waals surface area contributed by atoms with Gasteiger partial charge >= 0.3 is 5.97 Å². The van der Waals surface area contributed by atoms with E-state index in [1.165, 1.54) is 6.92 Å². The monoisotopic (exact) mass is 280 g/mol. The lowest BCUT2D eigenvalue weighted by Gasteiger charge is -2.28. The molecule has 114 valence electrons. The van der Waals surface area contributed by atoms with Gasteiger partial charge in [0.1, 0.15) is 18.3 Å². The summed E-state index contributed by atoms with van der Waals surface area (Å²) in [5.74, 6) is -0.631. The molecule has 4 N–H and O–H groups in total. The van der Waals surface area contributed by atoms with Gasteiger partial charge in [-0.25, -0.2) is 0 Å². The Balaban J connectivity index is 4.41. The summed E-state index contributed by atoms with van der Waals surface area (Å²) >= 11 is 0. The van der Waals surface area contributed by atoms with Crippen LogP contribution in [0.2, 0.25) is 0 Å². The number of aliphatic hydroxyl groups excluding tert-OH is 4. The number of hydrogen-bond acceptors (Lipinski definition) is 7. The molecular formula is C12H24O7. The largest absolute Gasteiger partial charge is 0.457 e. The van der Waals surface area contributed by atoms with Gasteiger partial charge in [0.15, 0.2) is 6.10 Å². The summed E-state index contributed by atoms with van der Waals surface area (Å²) in [5, 5.41) is 37.3. The maximum atomic E-state index is 10.9. The second-order valence-corrected chi connectivity index (χ2v) is 4.31. The summed E-state index contributed by atoms with van der Waals surface area (Å²) < 4.78 is 10.1. The van der Waals surface area contributed by atoms with Crippen LogP contribution in [0.1, 0.15) is 26.7 Å². The van der Waals surface area contributed by atoms with Crippen LogP contribution < -0.4 is 0 Å². The van der Waals surface area contributed by atoms with E-state index < -0.39 is 37.0 Å². The quantitative estimate of drug-likeness (QED) is 0.294. The molecule has 0 unspecified atom stereocenters. The van der Waals surface area contributed by atoms with Crippen molar-refractivity contribution >= 4 is 5.97 Å². The predicted molar refractivity (Wildman–Crippen MR) is 66.4 cm³/mol. The van der Waals surface area contributed by atoms with Crippen molar-refractivity contribution in [2.45, 2.75) is 51.1 Å². The van der Waals surface area contributed by atoms with Crippen molar-refractivity contribution in [1.29, 1.82) is 0 Å². The molecule has 0 aromatic heterocycles. The molecular weight excluding hydrogens is 256 g/mol. The molecule has 0 amide bonds. The first kappa shape index (κ1) is 18.3. The number of ether oxygens (including phenoxy) is 2. The van der Waals surface area contributed by atoms with Gasteiger partial charge in [-0.1, -0.05) is 13.3 Å². The zero-order valence-corrected chi connectivity index (χ0v) is 11.4. The van der Waals surface area contributed by atoms with Crippen LogP contribution >= 0.6 is 0 Å². The highest BCUT2D eigenvalue weighted by Gasteiger charge is 2.33. The fourth-order valence-electron chi connectivity index (χ4n) is 1.42. The highest BCUT2D eigenvalue weighted by atomic mass is 16.6. The molecule has 0 spiro atoms. The standard InChI is InChI=1S/C12H24O7/c1-3-4-5-18-7-10(19-8(2)14)12(17)11(16)9(15)6-13/h9-13,15-17H,3-7H2,1-2H3/t9-,10+,11-,12-/m1/s1. The van der Waals surface area contributed by atoms with Crippen LogP contribution in [0.25, 0.3) is 0 Å². The fraction of sp³-hybridized carbons (Fsp3) is 0.917. The van der Waals surface area contributed by atoms with E-state index in [-0.39, 0.29) is 6.61 Å². The molecule has 0 aromatic rings. The molecule has 19 heavy (non-hydrogen) atoms. The highest BCUT2D eigenvalue weighted by Crippen LogP contribution is 2.10. The molecule has 7 nitrogen and oxygen atoms in total. The minimum atomic E-state index is -1.62. The average molecular weight is 280 g/mol. The fourth-order valence-corrected chi connectivity index (χ4v) is 1.42. The number of unbranched alkanes of at least 4 members (excludes halogenated alkanes) is 1. The van der Waals surface area contributed by atoms with Crippen molar-refractivity contribution in [2.24, 2.45) is 0 Å². The minimum absolute atomic E-state index is 0.0873. The van der Waals surface area contributed by atoms with E-state index in [9.17, 15) is 20.1 Å². The van der Waals surface area contributed by atoms with Gasteiger partial charge in [-0.2, -0.15) is 0 Å². The van der Waals surface area contributed by atoms with E-state index >= 15 is 0 Å². The number of carbonyl (C=O) groups is 1. The SMILES string of the molecule is CCCCOC[C@H](OC(C)=O)[C@@H](O)[C@H](O)[C@H](O)CO. The van der Waals surface area contributed by atoms with Crippen molar-refractivity contribution in [2.75, 3.05) is 19.8 Å². The summed E-state index contributed by atoms with van der Waals surface area (Å²) in [6.07, 6.45) is -4.00. The second-order valence-electron chi connectivity index (χ2n) is 4.31. The molecule has 0 aliphatic heterocycles. The normalized spacial score (nSPS) is 17.6. The average Bonchev–Trinajstić information content (AvgIpc) is 2.39. The summed E-state index contributed by atoms with van der Waals surface area (Å²) in [6.45, 7) is 2.81. The van der Waals surface area contributed by atoms with Crippen LogP contribution in [0.3, 0.4) is 0 Å². The number of rotatable bonds is 10. The van der Waals surface area contributed by atoms with E-state index in [0.29, 0.717) is 6.61 Å². The van der Waals surface area contributed by atoms with Gasteiger partial charge in [0, 0.05) is 13.5 Å². The van der Waals surface area contributed by atoms with Crippen molar-refractivity contribution in [3.05, 3.63) is 0 Å². The molecule has 0 radical (unpaired) electrons. The summed E-state index contributed by atoms with van der Waals surface area (Å²) in [7, 11) is 0. The van der Waals surface area contributed by atoms with Gasteiger partial charge in [0.2, 0.25) is 0 Å². The van der Waals surface area contributed by atoms with Crippen molar-refractivity contribution in [3.8, 4) is 0 Å². The van der Waals surface area contributed by atoms with Gasteiger partial charge in [0.05, 0.1) is 13.2 Å². The first-order valence-electron chi connectivity index (χ1n) is 6.34. The molecule has 0 heterocycles. The molecule has 0 aliphatic carbocycles. The van der Waals surface area contributed by atoms with E-state index in [0.717, 1.165) is 12.8 Å². The van der Waals surface area contributed by atoms with E-state index in [1.807, 2.05) is 6.92 Å². The van der Waals surface area contributed by atoms with Gasteiger partial charge in [-0.15, -0.1) is 0 Å². The number of carbonyl (C=O) groups excluding carboxylic acids is 1. The summed E-state index contributed by atoms with van der Waals surface area (Å²) in [6, 6.07) is 0. The first-order valence-corrected chi connectivity index (χ1v) is 6.34. The third-order valence-corrected chi connectivity index (χ3v) is 2.55. The molecule has 0 fully saturated rings. The Hall–Kier alpha value is -0.730. The molecule has 0 saturated carbocycles. The van der Waals surface area contributed by atoms with Crippen LogP contribution in [0.15, 0.2) is 0 Å². The maximum Gasteiger partial charge on any atom is 0.303 e. The zero-order valence-electron chi connectivity index (χ0n) is 11.4. The summed E-state index contributed by atoms with van der Waals surface area (Å²) in [5.41, 5.74) is 0.